The predicted molar refractivity (Wildman–Crippen MR) is 183 cm³/mol. The Balaban J connectivity index is 1.25. The van der Waals surface area contributed by atoms with E-state index in [2.05, 4.69) is 91.0 Å². The predicted octanol–water partition coefficient (Wildman–Crippen LogP) is 12.0. The first-order valence-corrected chi connectivity index (χ1v) is 14.4. The molecule has 0 radical (unpaired) electrons. The molecule has 0 spiro atoms. The molecule has 1 heterocycles. The summed E-state index contributed by atoms with van der Waals surface area (Å²) in [7, 11) is 0. The average Bonchev–Trinajstić information content (AvgIpc) is 3.51. The smallest absolute Gasteiger partial charge is 0.143 e. The number of fused-ring (bicyclic) bond motifs is 7. The fourth-order valence-corrected chi connectivity index (χ4v) is 6.61. The number of hydrogen-bond donors (Lipinski definition) is 0. The van der Waals surface area contributed by atoms with Crippen LogP contribution in [0.4, 0.5) is 0 Å². The molecule has 0 fully saturated rings. The lowest BCUT2D eigenvalue weighted by atomic mass is 9.85. The zero-order chi connectivity index (χ0) is 32.7. The Bertz CT molecular complexity index is 2690. The third-order valence-corrected chi connectivity index (χ3v) is 8.55. The molecule has 0 aliphatic heterocycles. The van der Waals surface area contributed by atoms with Crippen molar-refractivity contribution in [2.24, 2.45) is 0 Å². The van der Waals surface area contributed by atoms with Crippen LogP contribution in [0.3, 0.4) is 0 Å². The number of furan rings is 1. The van der Waals surface area contributed by atoms with Crippen molar-refractivity contribution in [3.63, 3.8) is 0 Å². The summed E-state index contributed by atoms with van der Waals surface area (Å²) in [6, 6.07) is 42.2. The molecule has 1 heteroatoms. The highest BCUT2D eigenvalue weighted by molar-refractivity contribution is 6.22. The van der Waals surface area contributed by atoms with Crippen LogP contribution >= 0.6 is 0 Å². The van der Waals surface area contributed by atoms with E-state index in [-0.39, 0.29) is 29.7 Å². The quantitative estimate of drug-likeness (QED) is 0.199. The zero-order valence-corrected chi connectivity index (χ0v) is 23.0. The number of hydrogen-bond acceptors (Lipinski definition) is 1. The molecule has 0 saturated carbocycles. The minimum absolute atomic E-state index is 0.201. The summed E-state index contributed by atoms with van der Waals surface area (Å²) in [6.07, 6.45) is 0. The fraction of sp³-hybridized carbons (Fsp3) is 0. The van der Waals surface area contributed by atoms with Gasteiger partial charge in [-0.05, 0) is 78.5 Å². The molecule has 9 aromatic rings. The summed E-state index contributed by atoms with van der Waals surface area (Å²) in [5.74, 6) is 0. The maximum Gasteiger partial charge on any atom is 0.143 e. The highest BCUT2D eigenvalue weighted by atomic mass is 16.3. The topological polar surface area (TPSA) is 13.1 Å². The molecule has 0 N–H and O–H groups in total. The normalized spacial score (nSPS) is 13.3. The molecule has 200 valence electrons. The van der Waals surface area contributed by atoms with Crippen LogP contribution in [0.15, 0.2) is 162 Å². The van der Waals surface area contributed by atoms with Crippen molar-refractivity contribution >= 4 is 54.3 Å². The summed E-state index contributed by atoms with van der Waals surface area (Å²) in [6.45, 7) is 0. The largest absolute Gasteiger partial charge is 0.455 e. The van der Waals surface area contributed by atoms with Gasteiger partial charge in [-0.15, -0.1) is 0 Å². The lowest BCUT2D eigenvalue weighted by Gasteiger charge is -2.18. The van der Waals surface area contributed by atoms with Gasteiger partial charge in [-0.3, -0.25) is 0 Å². The first kappa shape index (κ1) is 19.5. The lowest BCUT2D eigenvalue weighted by molar-refractivity contribution is 0.673. The molecule has 0 amide bonds. The van der Waals surface area contributed by atoms with E-state index in [1.807, 2.05) is 36.4 Å². The summed E-state index contributed by atoms with van der Waals surface area (Å²) in [4.78, 5) is 0. The Morgan fingerprint density at radius 2 is 0.930 bits per heavy atom. The molecular formula is C42H26O. The Hall–Kier alpha value is -5.66. The van der Waals surface area contributed by atoms with Crippen molar-refractivity contribution in [1.82, 2.24) is 0 Å². The SMILES string of the molecule is [2H]c1c([2H])c([2H])c(-c2ccc(-c3c4ccccc4c(-c4ccc5c(c4)oc4c6ccccc6ccc54)c4ccccc34)cc2)c([2H])c1[2H]. The van der Waals surface area contributed by atoms with Gasteiger partial charge in [0, 0.05) is 16.2 Å². The molecule has 1 aromatic heterocycles. The van der Waals surface area contributed by atoms with Gasteiger partial charge in [-0.25, -0.2) is 0 Å². The highest BCUT2D eigenvalue weighted by Crippen LogP contribution is 2.45. The Morgan fingerprint density at radius 3 is 1.60 bits per heavy atom. The van der Waals surface area contributed by atoms with Crippen LogP contribution in [0.5, 0.6) is 0 Å². The molecule has 9 rings (SSSR count). The first-order valence-electron chi connectivity index (χ1n) is 16.9. The molecular weight excluding hydrogens is 520 g/mol. The monoisotopic (exact) mass is 551 g/mol. The molecule has 8 aromatic carbocycles. The van der Waals surface area contributed by atoms with E-state index < -0.39 is 6.04 Å². The van der Waals surface area contributed by atoms with Crippen molar-refractivity contribution in [2.45, 2.75) is 0 Å². The average molecular weight is 552 g/mol. The van der Waals surface area contributed by atoms with E-state index in [1.165, 1.54) is 0 Å². The molecule has 0 aliphatic carbocycles. The fourth-order valence-electron chi connectivity index (χ4n) is 6.61. The maximum absolute atomic E-state index is 8.45. The van der Waals surface area contributed by atoms with Crippen molar-refractivity contribution in [1.29, 1.82) is 0 Å². The zero-order valence-electron chi connectivity index (χ0n) is 28.0. The Kier molecular flexibility index (Phi) is 4.27. The van der Waals surface area contributed by atoms with E-state index >= 15 is 0 Å². The maximum atomic E-state index is 8.45. The van der Waals surface area contributed by atoms with Gasteiger partial charge in [-0.2, -0.15) is 0 Å². The van der Waals surface area contributed by atoms with Gasteiger partial charge in [-0.1, -0.05) is 139 Å². The van der Waals surface area contributed by atoms with Crippen LogP contribution < -0.4 is 0 Å². The molecule has 0 aliphatic rings. The van der Waals surface area contributed by atoms with Crippen molar-refractivity contribution in [3.05, 3.63) is 158 Å². The third kappa shape index (κ3) is 3.72. The van der Waals surface area contributed by atoms with E-state index in [4.69, 9.17) is 11.3 Å². The first-order chi connectivity index (χ1) is 23.4. The molecule has 0 atom stereocenters. The van der Waals surface area contributed by atoms with Gasteiger partial charge in [0.15, 0.2) is 0 Å². The second-order valence-corrected chi connectivity index (χ2v) is 10.9. The molecule has 0 saturated heterocycles. The second kappa shape index (κ2) is 9.44. The van der Waals surface area contributed by atoms with E-state index in [0.29, 0.717) is 5.56 Å². The summed E-state index contributed by atoms with van der Waals surface area (Å²) in [5, 5.41) is 8.86. The van der Waals surface area contributed by atoms with Crippen LogP contribution in [0.25, 0.3) is 87.6 Å². The second-order valence-electron chi connectivity index (χ2n) is 10.9. The lowest BCUT2D eigenvalue weighted by Crippen LogP contribution is -1.91. The third-order valence-electron chi connectivity index (χ3n) is 8.55. The van der Waals surface area contributed by atoms with Gasteiger partial charge < -0.3 is 4.42 Å². The van der Waals surface area contributed by atoms with Crippen LogP contribution in [-0.2, 0) is 0 Å². The molecule has 0 unspecified atom stereocenters. The van der Waals surface area contributed by atoms with E-state index in [0.717, 1.165) is 76.5 Å². The number of benzene rings is 8. The number of rotatable bonds is 3. The van der Waals surface area contributed by atoms with Crippen LogP contribution in [-0.4, -0.2) is 0 Å². The van der Waals surface area contributed by atoms with Gasteiger partial charge >= 0.3 is 0 Å². The minimum Gasteiger partial charge on any atom is -0.455 e. The van der Waals surface area contributed by atoms with Gasteiger partial charge in [0.2, 0.25) is 0 Å². The summed E-state index contributed by atoms with van der Waals surface area (Å²) >= 11 is 0. The van der Waals surface area contributed by atoms with Crippen molar-refractivity contribution < 1.29 is 11.3 Å². The van der Waals surface area contributed by atoms with Gasteiger partial charge in [0.1, 0.15) is 11.2 Å². The Morgan fingerprint density at radius 1 is 0.395 bits per heavy atom. The minimum atomic E-state index is -0.392. The van der Waals surface area contributed by atoms with Crippen LogP contribution in [0.1, 0.15) is 6.85 Å². The summed E-state index contributed by atoms with van der Waals surface area (Å²) in [5.41, 5.74) is 6.78. The molecule has 0 bridgehead atoms. The standard InChI is InChI=1S/C42H26O/c1-2-10-27(11-3-1)28-18-20-30(21-19-28)40-34-14-6-8-16-36(34)41(37-17-9-7-15-35(37)40)31-23-24-33-38-25-22-29-12-4-5-13-32(29)42(38)43-39(33)26-31/h1-26H/i1D,2D,3D,10D,11D. The highest BCUT2D eigenvalue weighted by Gasteiger charge is 2.18. The van der Waals surface area contributed by atoms with E-state index in [9.17, 15) is 0 Å². The van der Waals surface area contributed by atoms with Gasteiger partial charge in [0.05, 0.1) is 6.85 Å². The van der Waals surface area contributed by atoms with Crippen LogP contribution in [0, 0.1) is 0 Å². The van der Waals surface area contributed by atoms with Crippen molar-refractivity contribution in [2.75, 3.05) is 0 Å². The van der Waals surface area contributed by atoms with E-state index in [1.54, 1.807) is 0 Å². The van der Waals surface area contributed by atoms with Crippen LogP contribution in [0.2, 0.25) is 0 Å². The summed E-state index contributed by atoms with van der Waals surface area (Å²) < 4.78 is 47.7. The Labute approximate surface area is 256 Å². The van der Waals surface area contributed by atoms with Crippen molar-refractivity contribution in [3.8, 4) is 33.4 Å². The van der Waals surface area contributed by atoms with Gasteiger partial charge in [0.25, 0.3) is 0 Å². The molecule has 1 nitrogen and oxygen atoms in total. The molecule has 43 heavy (non-hydrogen) atoms.